The van der Waals surface area contributed by atoms with Gasteiger partial charge in [-0.15, -0.1) is 0 Å². The molecule has 0 fully saturated rings. The van der Waals surface area contributed by atoms with E-state index in [1.165, 1.54) is 0 Å². The molecule has 1 aromatic rings. The monoisotopic (exact) mass is 323 g/mol. The lowest BCUT2D eigenvalue weighted by Gasteiger charge is -2.09. The fraction of sp³-hybridized carbons (Fsp3) is 0.706. The molecule has 0 aliphatic rings. The first-order chi connectivity index (χ1) is 10.7. The highest BCUT2D eigenvalue weighted by atomic mass is 16.5. The molecule has 0 radical (unpaired) electrons. The summed E-state index contributed by atoms with van der Waals surface area (Å²) >= 11 is 0. The van der Waals surface area contributed by atoms with Crippen molar-refractivity contribution >= 4 is 11.9 Å². The normalized spacial score (nSPS) is 11.1. The number of rotatable bonds is 8. The van der Waals surface area contributed by atoms with Crippen molar-refractivity contribution in [2.75, 3.05) is 6.54 Å². The van der Waals surface area contributed by atoms with Crippen LogP contribution in [0.25, 0.3) is 0 Å². The minimum absolute atomic E-state index is 0.0994. The standard InChI is InChI=1S/C17H29N3O3/c1-11(2)10-20-14(6)15(13(5)19-20)9-16(21)18-8-7-17(22)23-12(3)4/h11-12H,7-10H2,1-6H3,(H,18,21). The quantitative estimate of drug-likeness (QED) is 0.744. The van der Waals surface area contributed by atoms with Crippen LogP contribution in [0.3, 0.4) is 0 Å². The van der Waals surface area contributed by atoms with Gasteiger partial charge in [0.05, 0.1) is 24.6 Å². The van der Waals surface area contributed by atoms with Gasteiger partial charge in [0.2, 0.25) is 5.91 Å². The van der Waals surface area contributed by atoms with Crippen LogP contribution in [0, 0.1) is 19.8 Å². The largest absolute Gasteiger partial charge is 0.463 e. The fourth-order valence-electron chi connectivity index (χ4n) is 2.36. The van der Waals surface area contributed by atoms with Crippen LogP contribution in [0.5, 0.6) is 0 Å². The Morgan fingerprint density at radius 2 is 1.87 bits per heavy atom. The molecule has 0 aliphatic heterocycles. The van der Waals surface area contributed by atoms with E-state index in [4.69, 9.17) is 4.74 Å². The molecule has 0 saturated heterocycles. The van der Waals surface area contributed by atoms with Crippen molar-refractivity contribution < 1.29 is 14.3 Å². The Kier molecular flexibility index (Phi) is 7.26. The first-order valence-corrected chi connectivity index (χ1v) is 8.19. The van der Waals surface area contributed by atoms with Gasteiger partial charge < -0.3 is 10.1 Å². The van der Waals surface area contributed by atoms with Gasteiger partial charge in [0.15, 0.2) is 0 Å². The van der Waals surface area contributed by atoms with E-state index in [9.17, 15) is 9.59 Å². The van der Waals surface area contributed by atoms with Crippen molar-refractivity contribution in [1.29, 1.82) is 0 Å². The summed E-state index contributed by atoms with van der Waals surface area (Å²) in [7, 11) is 0. The minimum Gasteiger partial charge on any atom is -0.463 e. The second kappa shape index (κ2) is 8.70. The van der Waals surface area contributed by atoms with Gasteiger partial charge in [-0.3, -0.25) is 14.3 Å². The van der Waals surface area contributed by atoms with Gasteiger partial charge in [0.25, 0.3) is 0 Å². The van der Waals surface area contributed by atoms with Crippen molar-refractivity contribution in [1.82, 2.24) is 15.1 Å². The number of hydrogen-bond donors (Lipinski definition) is 1. The number of hydrogen-bond acceptors (Lipinski definition) is 4. The molecule has 130 valence electrons. The Labute approximate surface area is 138 Å². The van der Waals surface area contributed by atoms with E-state index in [1.807, 2.05) is 18.5 Å². The molecule has 0 saturated carbocycles. The summed E-state index contributed by atoms with van der Waals surface area (Å²) in [6.45, 7) is 12.9. The van der Waals surface area contributed by atoms with Crippen LogP contribution >= 0.6 is 0 Å². The molecule has 0 aromatic carbocycles. The van der Waals surface area contributed by atoms with Crippen molar-refractivity contribution in [3.8, 4) is 0 Å². The fourth-order valence-corrected chi connectivity index (χ4v) is 2.36. The van der Waals surface area contributed by atoms with E-state index in [-0.39, 0.29) is 30.8 Å². The summed E-state index contributed by atoms with van der Waals surface area (Å²) in [5.41, 5.74) is 2.89. The molecule has 6 heteroatoms. The molecule has 0 unspecified atom stereocenters. The molecule has 0 atom stereocenters. The Morgan fingerprint density at radius 3 is 2.43 bits per heavy atom. The molecule has 0 bridgehead atoms. The zero-order valence-corrected chi connectivity index (χ0v) is 15.1. The number of esters is 1. The van der Waals surface area contributed by atoms with Crippen LogP contribution < -0.4 is 5.32 Å². The van der Waals surface area contributed by atoms with Gasteiger partial charge in [-0.1, -0.05) is 13.8 Å². The van der Waals surface area contributed by atoms with E-state index in [2.05, 4.69) is 24.3 Å². The zero-order chi connectivity index (χ0) is 17.6. The van der Waals surface area contributed by atoms with E-state index >= 15 is 0 Å². The first-order valence-electron chi connectivity index (χ1n) is 8.19. The minimum atomic E-state index is -0.294. The molecular formula is C17H29N3O3. The molecule has 0 aliphatic carbocycles. The number of aromatic nitrogens is 2. The second-order valence-electron chi connectivity index (χ2n) is 6.54. The molecule has 1 heterocycles. The average Bonchev–Trinajstić information content (AvgIpc) is 2.65. The van der Waals surface area contributed by atoms with Crippen LogP contribution in [0.15, 0.2) is 0 Å². The number of aryl methyl sites for hydroxylation is 1. The molecule has 0 spiro atoms. The molecule has 6 nitrogen and oxygen atoms in total. The van der Waals surface area contributed by atoms with Gasteiger partial charge in [0.1, 0.15) is 0 Å². The summed E-state index contributed by atoms with van der Waals surface area (Å²) < 4.78 is 6.99. The summed E-state index contributed by atoms with van der Waals surface area (Å²) in [6, 6.07) is 0. The SMILES string of the molecule is Cc1nn(CC(C)C)c(C)c1CC(=O)NCCC(=O)OC(C)C. The van der Waals surface area contributed by atoms with Crippen LogP contribution in [0.1, 0.15) is 51.1 Å². The predicted molar refractivity (Wildman–Crippen MR) is 89.1 cm³/mol. The molecule has 1 amide bonds. The summed E-state index contributed by atoms with van der Waals surface area (Å²) in [5.74, 6) is 0.108. The maximum absolute atomic E-state index is 12.1. The van der Waals surface area contributed by atoms with E-state index < -0.39 is 0 Å². The lowest BCUT2D eigenvalue weighted by molar-refractivity contribution is -0.147. The zero-order valence-electron chi connectivity index (χ0n) is 15.1. The second-order valence-corrected chi connectivity index (χ2v) is 6.54. The van der Waals surface area contributed by atoms with Crippen LogP contribution in [0.2, 0.25) is 0 Å². The Bertz CT molecular complexity index is 548. The van der Waals surface area contributed by atoms with Gasteiger partial charge >= 0.3 is 5.97 Å². The molecule has 1 rings (SSSR count). The van der Waals surface area contributed by atoms with E-state index in [1.54, 1.807) is 13.8 Å². The number of carbonyl (C=O) groups is 2. The van der Waals surface area contributed by atoms with Gasteiger partial charge in [-0.2, -0.15) is 5.10 Å². The third kappa shape index (κ3) is 6.42. The van der Waals surface area contributed by atoms with Crippen molar-refractivity contribution in [2.24, 2.45) is 5.92 Å². The van der Waals surface area contributed by atoms with Gasteiger partial charge in [-0.25, -0.2) is 0 Å². The van der Waals surface area contributed by atoms with Crippen LogP contribution in [-0.4, -0.2) is 34.3 Å². The number of nitrogens with zero attached hydrogens (tertiary/aromatic N) is 2. The smallest absolute Gasteiger partial charge is 0.307 e. The molecule has 23 heavy (non-hydrogen) atoms. The summed E-state index contributed by atoms with van der Waals surface area (Å²) in [5, 5.41) is 7.27. The highest BCUT2D eigenvalue weighted by Crippen LogP contribution is 2.15. The van der Waals surface area contributed by atoms with Crippen molar-refractivity contribution in [3.63, 3.8) is 0 Å². The molecular weight excluding hydrogens is 294 g/mol. The number of ether oxygens (including phenoxy) is 1. The summed E-state index contributed by atoms with van der Waals surface area (Å²) in [6.07, 6.45) is 0.346. The third-order valence-corrected chi connectivity index (χ3v) is 3.43. The van der Waals surface area contributed by atoms with Crippen LogP contribution in [-0.2, 0) is 27.3 Å². The first kappa shape index (κ1) is 19.2. The number of nitrogens with one attached hydrogen (secondary N) is 1. The van der Waals surface area contributed by atoms with E-state index in [0.717, 1.165) is 23.5 Å². The maximum atomic E-state index is 12.1. The van der Waals surface area contributed by atoms with Gasteiger partial charge in [0, 0.05) is 24.3 Å². The van der Waals surface area contributed by atoms with Crippen LogP contribution in [0.4, 0.5) is 0 Å². The summed E-state index contributed by atoms with van der Waals surface area (Å²) in [4.78, 5) is 23.5. The maximum Gasteiger partial charge on any atom is 0.307 e. The lowest BCUT2D eigenvalue weighted by Crippen LogP contribution is -2.28. The Hall–Kier alpha value is -1.85. The van der Waals surface area contributed by atoms with Crippen molar-refractivity contribution in [2.45, 2.75) is 67.0 Å². The third-order valence-electron chi connectivity index (χ3n) is 3.43. The van der Waals surface area contributed by atoms with Crippen molar-refractivity contribution in [3.05, 3.63) is 17.0 Å². The highest BCUT2D eigenvalue weighted by Gasteiger charge is 2.15. The highest BCUT2D eigenvalue weighted by molar-refractivity contribution is 5.79. The molecule has 1 aromatic heterocycles. The Balaban J connectivity index is 2.51. The predicted octanol–water partition coefficient (Wildman–Crippen LogP) is 2.16. The van der Waals surface area contributed by atoms with E-state index in [0.29, 0.717) is 12.5 Å². The number of amides is 1. The number of carbonyl (C=O) groups excluding carboxylic acids is 2. The lowest BCUT2D eigenvalue weighted by atomic mass is 10.1. The average molecular weight is 323 g/mol. The van der Waals surface area contributed by atoms with Gasteiger partial charge in [-0.05, 0) is 33.6 Å². The Morgan fingerprint density at radius 1 is 1.22 bits per heavy atom. The topological polar surface area (TPSA) is 73.2 Å². The molecule has 1 N–H and O–H groups in total.